The zero-order chi connectivity index (χ0) is 20.0. The molecule has 0 radical (unpaired) electrons. The molecule has 7 rings (SSSR count). The summed E-state index contributed by atoms with van der Waals surface area (Å²) in [5, 5.41) is 0. The fourth-order valence-corrected chi connectivity index (χ4v) is 5.26. The molecule has 3 saturated heterocycles. The summed E-state index contributed by atoms with van der Waals surface area (Å²) in [6.45, 7) is 3.40. The highest BCUT2D eigenvalue weighted by molar-refractivity contribution is 5.57. The van der Waals surface area contributed by atoms with Crippen LogP contribution >= 0.6 is 0 Å². The monoisotopic (exact) mass is 399 g/mol. The standard InChI is InChI=1S/C26H25NO3/c1-3-7-21(8-4-1)28-23-15-19-17-26(18-27-13-11-20(26)12-14-27)30-25(19)24(16-23)29-22-9-5-2-6-10-22/h1-10,15-16,20H,11-14,17-18H2. The third-order valence-electron chi connectivity index (χ3n) is 6.67. The molecule has 1 spiro atoms. The van der Waals surface area contributed by atoms with Crippen LogP contribution in [0.5, 0.6) is 28.7 Å². The lowest BCUT2D eigenvalue weighted by molar-refractivity contribution is -0.0803. The van der Waals surface area contributed by atoms with Gasteiger partial charge in [-0.3, -0.25) is 4.90 Å². The van der Waals surface area contributed by atoms with Crippen LogP contribution in [-0.2, 0) is 6.42 Å². The van der Waals surface area contributed by atoms with Gasteiger partial charge in [-0.25, -0.2) is 0 Å². The van der Waals surface area contributed by atoms with E-state index in [9.17, 15) is 0 Å². The Morgan fingerprint density at radius 2 is 1.47 bits per heavy atom. The molecule has 1 atom stereocenters. The van der Waals surface area contributed by atoms with Crippen LogP contribution in [0.2, 0.25) is 0 Å². The summed E-state index contributed by atoms with van der Waals surface area (Å²) < 4.78 is 19.2. The molecular weight excluding hydrogens is 374 g/mol. The van der Waals surface area contributed by atoms with Crippen molar-refractivity contribution in [3.63, 3.8) is 0 Å². The van der Waals surface area contributed by atoms with E-state index in [0.717, 1.165) is 41.7 Å². The average Bonchev–Trinajstić information content (AvgIpc) is 3.14. The zero-order valence-electron chi connectivity index (χ0n) is 16.9. The third kappa shape index (κ3) is 3.12. The maximum Gasteiger partial charge on any atom is 0.173 e. The van der Waals surface area contributed by atoms with E-state index in [1.54, 1.807) is 0 Å². The van der Waals surface area contributed by atoms with Crippen molar-refractivity contribution in [1.82, 2.24) is 4.90 Å². The van der Waals surface area contributed by atoms with Crippen molar-refractivity contribution >= 4 is 0 Å². The van der Waals surface area contributed by atoms with Gasteiger partial charge >= 0.3 is 0 Å². The number of hydrogen-bond acceptors (Lipinski definition) is 4. The van der Waals surface area contributed by atoms with E-state index in [1.165, 1.54) is 31.5 Å². The highest BCUT2D eigenvalue weighted by Gasteiger charge is 2.52. The second-order valence-corrected chi connectivity index (χ2v) is 8.63. The smallest absolute Gasteiger partial charge is 0.173 e. The van der Waals surface area contributed by atoms with Gasteiger partial charge in [-0.2, -0.15) is 0 Å². The van der Waals surface area contributed by atoms with Gasteiger partial charge in [0.25, 0.3) is 0 Å². The minimum Gasteiger partial charge on any atom is -0.481 e. The number of rotatable bonds is 4. The highest BCUT2D eigenvalue weighted by Crippen LogP contribution is 2.52. The first kappa shape index (κ1) is 17.8. The molecule has 0 saturated carbocycles. The van der Waals surface area contributed by atoms with Crippen LogP contribution in [0.1, 0.15) is 18.4 Å². The van der Waals surface area contributed by atoms with Gasteiger partial charge in [-0.15, -0.1) is 0 Å². The number of hydrogen-bond donors (Lipinski definition) is 0. The summed E-state index contributed by atoms with van der Waals surface area (Å²) in [5.74, 6) is 4.63. The molecule has 3 aromatic carbocycles. The first-order chi connectivity index (χ1) is 14.8. The molecule has 30 heavy (non-hydrogen) atoms. The topological polar surface area (TPSA) is 30.9 Å². The van der Waals surface area contributed by atoms with E-state index in [4.69, 9.17) is 14.2 Å². The summed E-state index contributed by atoms with van der Waals surface area (Å²) in [7, 11) is 0. The van der Waals surface area contributed by atoms with E-state index in [2.05, 4.69) is 11.0 Å². The molecule has 0 N–H and O–H groups in total. The first-order valence-corrected chi connectivity index (χ1v) is 10.8. The fourth-order valence-electron chi connectivity index (χ4n) is 5.26. The SMILES string of the molecule is c1ccc(Oc2cc3c(c(Oc4ccccc4)c2)OC2(C3)CN3CCC2CC3)cc1. The summed E-state index contributed by atoms with van der Waals surface area (Å²) in [5.41, 5.74) is 1.06. The van der Waals surface area contributed by atoms with Gasteiger partial charge in [-0.1, -0.05) is 36.4 Å². The maximum absolute atomic E-state index is 6.76. The van der Waals surface area contributed by atoms with E-state index >= 15 is 0 Å². The fraction of sp³-hybridized carbons (Fsp3) is 0.308. The molecule has 0 aromatic heterocycles. The quantitative estimate of drug-likeness (QED) is 0.566. The molecule has 4 heterocycles. The van der Waals surface area contributed by atoms with Crippen LogP contribution in [0.15, 0.2) is 72.8 Å². The molecule has 152 valence electrons. The van der Waals surface area contributed by atoms with Crippen LogP contribution in [0.4, 0.5) is 0 Å². The molecule has 4 nitrogen and oxygen atoms in total. The molecule has 3 fully saturated rings. The summed E-state index contributed by atoms with van der Waals surface area (Å²) in [4.78, 5) is 2.55. The number of ether oxygens (including phenoxy) is 3. The lowest BCUT2D eigenvalue weighted by Gasteiger charge is -2.50. The third-order valence-corrected chi connectivity index (χ3v) is 6.67. The molecule has 1 unspecified atom stereocenters. The van der Waals surface area contributed by atoms with Crippen molar-refractivity contribution in [3.05, 3.63) is 78.4 Å². The molecule has 0 aliphatic carbocycles. The van der Waals surface area contributed by atoms with Crippen LogP contribution in [0.25, 0.3) is 0 Å². The minimum absolute atomic E-state index is 0.126. The first-order valence-electron chi connectivity index (χ1n) is 10.8. The second-order valence-electron chi connectivity index (χ2n) is 8.63. The zero-order valence-corrected chi connectivity index (χ0v) is 16.9. The number of benzene rings is 3. The lowest BCUT2D eigenvalue weighted by atomic mass is 9.73. The van der Waals surface area contributed by atoms with Gasteiger partial charge in [-0.05, 0) is 56.3 Å². The van der Waals surface area contributed by atoms with Crippen LogP contribution in [-0.4, -0.2) is 30.1 Å². The number of nitrogens with zero attached hydrogens (tertiary/aromatic N) is 1. The van der Waals surface area contributed by atoms with Gasteiger partial charge in [0.1, 0.15) is 22.8 Å². The van der Waals surface area contributed by atoms with Gasteiger partial charge in [0.05, 0.1) is 0 Å². The molecule has 4 heteroatoms. The predicted octanol–water partition coefficient (Wildman–Crippen LogP) is 5.67. The van der Waals surface area contributed by atoms with Crippen molar-refractivity contribution < 1.29 is 14.2 Å². The molecular formula is C26H25NO3. The van der Waals surface area contributed by atoms with Crippen LogP contribution in [0.3, 0.4) is 0 Å². The van der Waals surface area contributed by atoms with E-state index in [1.807, 2.05) is 66.7 Å². The molecule has 3 aromatic rings. The average molecular weight is 399 g/mol. The Hall–Kier alpha value is -2.98. The summed E-state index contributed by atoms with van der Waals surface area (Å²) in [6, 6.07) is 23.9. The summed E-state index contributed by atoms with van der Waals surface area (Å²) >= 11 is 0. The minimum atomic E-state index is -0.126. The maximum atomic E-state index is 6.76. The van der Waals surface area contributed by atoms with Crippen molar-refractivity contribution in [1.29, 1.82) is 0 Å². The molecule has 2 bridgehead atoms. The number of piperidine rings is 3. The number of para-hydroxylation sites is 2. The van der Waals surface area contributed by atoms with E-state index < -0.39 is 0 Å². The second kappa shape index (κ2) is 7.06. The predicted molar refractivity (Wildman–Crippen MR) is 116 cm³/mol. The Balaban J connectivity index is 1.38. The van der Waals surface area contributed by atoms with Gasteiger partial charge < -0.3 is 14.2 Å². The molecule has 0 amide bonds. The highest BCUT2D eigenvalue weighted by atomic mass is 16.5. The Morgan fingerprint density at radius 1 is 0.800 bits per heavy atom. The molecule has 4 aliphatic rings. The lowest BCUT2D eigenvalue weighted by Crippen LogP contribution is -2.61. The summed E-state index contributed by atoms with van der Waals surface area (Å²) in [6.07, 6.45) is 3.35. The van der Waals surface area contributed by atoms with Crippen molar-refractivity contribution in [2.75, 3.05) is 19.6 Å². The number of fused-ring (bicyclic) bond motifs is 3. The van der Waals surface area contributed by atoms with Crippen molar-refractivity contribution in [3.8, 4) is 28.7 Å². The van der Waals surface area contributed by atoms with Crippen LogP contribution in [0, 0.1) is 5.92 Å². The van der Waals surface area contributed by atoms with E-state index in [0.29, 0.717) is 5.92 Å². The van der Waals surface area contributed by atoms with Gasteiger partial charge in [0.15, 0.2) is 11.5 Å². The van der Waals surface area contributed by atoms with Gasteiger partial charge in [0, 0.05) is 30.5 Å². The Bertz CT molecular complexity index is 1040. The van der Waals surface area contributed by atoms with Crippen LogP contribution < -0.4 is 14.2 Å². The van der Waals surface area contributed by atoms with Gasteiger partial charge in [0.2, 0.25) is 0 Å². The largest absolute Gasteiger partial charge is 0.481 e. The normalized spacial score (nSPS) is 26.3. The molecule has 4 aliphatic heterocycles. The van der Waals surface area contributed by atoms with E-state index in [-0.39, 0.29) is 5.60 Å². The van der Waals surface area contributed by atoms with Crippen molar-refractivity contribution in [2.24, 2.45) is 5.92 Å². The Kier molecular flexibility index (Phi) is 4.20. The van der Waals surface area contributed by atoms with Crippen molar-refractivity contribution in [2.45, 2.75) is 24.9 Å². The Labute approximate surface area is 177 Å². The Morgan fingerprint density at radius 3 is 2.10 bits per heavy atom.